The SMILES string of the molecule is c1oc(C2CNC2)nc1C1CCCSC1. The first-order chi connectivity index (χ1) is 7.43. The van der Waals surface area contributed by atoms with Crippen molar-refractivity contribution in [2.45, 2.75) is 24.7 Å². The Kier molecular flexibility index (Phi) is 2.71. The van der Waals surface area contributed by atoms with E-state index in [1.807, 2.05) is 18.0 Å². The lowest BCUT2D eigenvalue weighted by molar-refractivity contribution is 0.357. The van der Waals surface area contributed by atoms with Crippen LogP contribution in [0.4, 0.5) is 0 Å². The average molecular weight is 224 g/mol. The molecule has 4 heteroatoms. The second-order valence-corrected chi connectivity index (χ2v) is 5.53. The second kappa shape index (κ2) is 4.18. The van der Waals surface area contributed by atoms with Crippen molar-refractivity contribution in [2.24, 2.45) is 0 Å². The van der Waals surface area contributed by atoms with Gasteiger partial charge < -0.3 is 9.73 Å². The van der Waals surface area contributed by atoms with Gasteiger partial charge in [-0.1, -0.05) is 0 Å². The summed E-state index contributed by atoms with van der Waals surface area (Å²) >= 11 is 2.04. The maximum Gasteiger partial charge on any atom is 0.199 e. The molecule has 0 bridgehead atoms. The lowest BCUT2D eigenvalue weighted by atomic mass is 10.0. The topological polar surface area (TPSA) is 38.1 Å². The Morgan fingerprint density at radius 2 is 2.33 bits per heavy atom. The van der Waals surface area contributed by atoms with Gasteiger partial charge in [-0.05, 0) is 18.6 Å². The van der Waals surface area contributed by atoms with Gasteiger partial charge in [0.25, 0.3) is 0 Å². The molecule has 0 spiro atoms. The minimum atomic E-state index is 0.523. The van der Waals surface area contributed by atoms with Gasteiger partial charge in [0, 0.05) is 24.8 Å². The highest BCUT2D eigenvalue weighted by molar-refractivity contribution is 7.99. The van der Waals surface area contributed by atoms with Crippen molar-refractivity contribution in [1.82, 2.24) is 10.3 Å². The Balaban J connectivity index is 1.71. The summed E-state index contributed by atoms with van der Waals surface area (Å²) in [4.78, 5) is 4.64. The molecule has 0 radical (unpaired) electrons. The van der Waals surface area contributed by atoms with E-state index in [1.165, 1.54) is 30.0 Å². The third-order valence-electron chi connectivity index (χ3n) is 3.25. The molecule has 1 atom stereocenters. The van der Waals surface area contributed by atoms with Crippen LogP contribution in [-0.4, -0.2) is 29.6 Å². The second-order valence-electron chi connectivity index (χ2n) is 4.38. The number of oxazole rings is 1. The zero-order chi connectivity index (χ0) is 10.1. The molecule has 3 nitrogen and oxygen atoms in total. The van der Waals surface area contributed by atoms with Gasteiger partial charge in [0.05, 0.1) is 11.6 Å². The lowest BCUT2D eigenvalue weighted by Crippen LogP contribution is -2.40. The van der Waals surface area contributed by atoms with E-state index in [2.05, 4.69) is 10.3 Å². The van der Waals surface area contributed by atoms with Crippen LogP contribution in [0.5, 0.6) is 0 Å². The van der Waals surface area contributed by atoms with Crippen molar-refractivity contribution in [1.29, 1.82) is 0 Å². The molecule has 1 aromatic heterocycles. The van der Waals surface area contributed by atoms with Crippen LogP contribution in [0.15, 0.2) is 10.7 Å². The Labute approximate surface area is 94.0 Å². The quantitative estimate of drug-likeness (QED) is 0.833. The molecule has 3 heterocycles. The summed E-state index contributed by atoms with van der Waals surface area (Å²) in [7, 11) is 0. The van der Waals surface area contributed by atoms with E-state index in [0.29, 0.717) is 11.8 Å². The van der Waals surface area contributed by atoms with E-state index in [1.54, 1.807) is 0 Å². The normalized spacial score (nSPS) is 27.6. The molecule has 2 aliphatic heterocycles. The van der Waals surface area contributed by atoms with E-state index in [0.717, 1.165) is 19.0 Å². The molecule has 1 N–H and O–H groups in total. The third-order valence-corrected chi connectivity index (χ3v) is 4.46. The van der Waals surface area contributed by atoms with Gasteiger partial charge in [0.1, 0.15) is 6.26 Å². The van der Waals surface area contributed by atoms with Crippen LogP contribution in [0.2, 0.25) is 0 Å². The van der Waals surface area contributed by atoms with Crippen LogP contribution >= 0.6 is 11.8 Å². The van der Waals surface area contributed by atoms with E-state index < -0.39 is 0 Å². The zero-order valence-corrected chi connectivity index (χ0v) is 9.55. The molecule has 2 aliphatic rings. The highest BCUT2D eigenvalue weighted by Crippen LogP contribution is 2.31. The van der Waals surface area contributed by atoms with Gasteiger partial charge in [0.2, 0.25) is 0 Å². The highest BCUT2D eigenvalue weighted by Gasteiger charge is 2.26. The summed E-state index contributed by atoms with van der Waals surface area (Å²) in [5.74, 6) is 4.63. The number of nitrogens with zero attached hydrogens (tertiary/aromatic N) is 1. The number of thioether (sulfide) groups is 1. The Hall–Kier alpha value is -0.480. The molecule has 82 valence electrons. The van der Waals surface area contributed by atoms with Gasteiger partial charge in [0.15, 0.2) is 5.89 Å². The minimum absolute atomic E-state index is 0.523. The summed E-state index contributed by atoms with van der Waals surface area (Å²) < 4.78 is 5.56. The molecule has 1 aromatic rings. The molecule has 0 amide bonds. The third kappa shape index (κ3) is 1.93. The summed E-state index contributed by atoms with van der Waals surface area (Å²) in [5.41, 5.74) is 1.18. The fraction of sp³-hybridized carbons (Fsp3) is 0.727. The van der Waals surface area contributed by atoms with E-state index in [9.17, 15) is 0 Å². The van der Waals surface area contributed by atoms with Gasteiger partial charge in [-0.3, -0.25) is 0 Å². The first-order valence-electron chi connectivity index (χ1n) is 5.67. The van der Waals surface area contributed by atoms with Crippen LogP contribution in [0, 0.1) is 0 Å². The van der Waals surface area contributed by atoms with Crippen molar-refractivity contribution in [2.75, 3.05) is 24.6 Å². The Morgan fingerprint density at radius 1 is 1.40 bits per heavy atom. The van der Waals surface area contributed by atoms with Crippen molar-refractivity contribution in [3.05, 3.63) is 17.8 Å². The fourth-order valence-electron chi connectivity index (χ4n) is 2.11. The molecule has 2 saturated heterocycles. The summed E-state index contributed by atoms with van der Waals surface area (Å²) in [6, 6.07) is 0. The van der Waals surface area contributed by atoms with Gasteiger partial charge >= 0.3 is 0 Å². The summed E-state index contributed by atoms with van der Waals surface area (Å²) in [6.07, 6.45) is 4.48. The van der Waals surface area contributed by atoms with Crippen LogP contribution in [-0.2, 0) is 0 Å². The first-order valence-corrected chi connectivity index (χ1v) is 6.83. The van der Waals surface area contributed by atoms with Crippen LogP contribution < -0.4 is 5.32 Å². The van der Waals surface area contributed by atoms with Gasteiger partial charge in [-0.15, -0.1) is 0 Å². The van der Waals surface area contributed by atoms with Crippen LogP contribution in [0.1, 0.15) is 36.3 Å². The van der Waals surface area contributed by atoms with Crippen molar-refractivity contribution in [3.63, 3.8) is 0 Å². The minimum Gasteiger partial charge on any atom is -0.448 e. The number of aromatic nitrogens is 1. The molecule has 3 rings (SSSR count). The van der Waals surface area contributed by atoms with Gasteiger partial charge in [-0.2, -0.15) is 11.8 Å². The lowest BCUT2D eigenvalue weighted by Gasteiger charge is -2.23. The maximum absolute atomic E-state index is 5.56. The molecule has 1 unspecified atom stereocenters. The predicted octanol–water partition coefficient (Wildman–Crippen LogP) is 1.97. The van der Waals surface area contributed by atoms with E-state index in [4.69, 9.17) is 4.42 Å². The number of nitrogens with one attached hydrogen (secondary N) is 1. The van der Waals surface area contributed by atoms with Crippen LogP contribution in [0.25, 0.3) is 0 Å². The molecule has 0 saturated carbocycles. The fourth-order valence-corrected chi connectivity index (χ4v) is 3.27. The number of hydrogen-bond donors (Lipinski definition) is 1. The maximum atomic E-state index is 5.56. The molecule has 0 aliphatic carbocycles. The summed E-state index contributed by atoms with van der Waals surface area (Å²) in [5, 5.41) is 3.24. The largest absolute Gasteiger partial charge is 0.448 e. The first kappa shape index (κ1) is 9.73. The molecular formula is C11H16N2OS. The van der Waals surface area contributed by atoms with Crippen LogP contribution in [0.3, 0.4) is 0 Å². The predicted molar refractivity (Wildman–Crippen MR) is 61.4 cm³/mol. The van der Waals surface area contributed by atoms with Crippen molar-refractivity contribution >= 4 is 11.8 Å². The van der Waals surface area contributed by atoms with Crippen molar-refractivity contribution < 1.29 is 4.42 Å². The van der Waals surface area contributed by atoms with Crippen molar-refractivity contribution in [3.8, 4) is 0 Å². The van der Waals surface area contributed by atoms with Gasteiger partial charge in [-0.25, -0.2) is 4.98 Å². The standard InChI is InChI=1S/C11H16N2OS/c1-2-8(7-15-3-1)10-6-14-11(13-10)9-4-12-5-9/h6,8-9,12H,1-5,7H2. The zero-order valence-electron chi connectivity index (χ0n) is 8.74. The molecule has 0 aromatic carbocycles. The number of hydrogen-bond acceptors (Lipinski definition) is 4. The average Bonchev–Trinajstić information content (AvgIpc) is 2.66. The monoisotopic (exact) mass is 224 g/mol. The number of rotatable bonds is 2. The Morgan fingerprint density at radius 3 is 3.00 bits per heavy atom. The Bertz CT molecular complexity index is 329. The summed E-state index contributed by atoms with van der Waals surface area (Å²) in [6.45, 7) is 2.05. The highest BCUT2D eigenvalue weighted by atomic mass is 32.2. The molecule has 2 fully saturated rings. The van der Waals surface area contributed by atoms with E-state index >= 15 is 0 Å². The van der Waals surface area contributed by atoms with E-state index in [-0.39, 0.29) is 0 Å². The molecule has 15 heavy (non-hydrogen) atoms. The smallest absolute Gasteiger partial charge is 0.199 e. The molecular weight excluding hydrogens is 208 g/mol.